The topological polar surface area (TPSA) is 86.7 Å². The maximum absolute atomic E-state index is 11.9. The van der Waals surface area contributed by atoms with Crippen LogP contribution in [0.3, 0.4) is 0 Å². The Bertz CT molecular complexity index is 1230. The van der Waals surface area contributed by atoms with Crippen molar-refractivity contribution in [2.75, 3.05) is 24.1 Å². The molecule has 2 N–H and O–H groups in total. The molecule has 1 heterocycles. The summed E-state index contributed by atoms with van der Waals surface area (Å²) >= 11 is 12.2. The quantitative estimate of drug-likeness (QED) is 0.458. The van der Waals surface area contributed by atoms with Crippen LogP contribution in [0.2, 0.25) is 10.0 Å². The Morgan fingerprint density at radius 3 is 1.94 bits per heavy atom. The zero-order valence-corrected chi connectivity index (χ0v) is 20.0. The van der Waals surface area contributed by atoms with E-state index in [1.807, 2.05) is 48.5 Å². The Hall–Kier alpha value is -2.58. The molecule has 6 nitrogen and oxygen atoms in total. The van der Waals surface area contributed by atoms with Gasteiger partial charge in [-0.15, -0.1) is 0 Å². The molecule has 0 saturated carbocycles. The van der Waals surface area contributed by atoms with E-state index in [2.05, 4.69) is 9.62 Å². The summed E-state index contributed by atoms with van der Waals surface area (Å²) in [5.74, 6) is -1.21. The number of carboxylic acids is 1. The van der Waals surface area contributed by atoms with Gasteiger partial charge in [0, 0.05) is 29.1 Å². The molecule has 33 heavy (non-hydrogen) atoms. The molecular formula is C24H22Cl2N2O4S. The first kappa shape index (κ1) is 23.6. The minimum atomic E-state index is -3.65. The van der Waals surface area contributed by atoms with Crippen molar-refractivity contribution >= 4 is 44.9 Å². The van der Waals surface area contributed by atoms with Gasteiger partial charge in [-0.25, -0.2) is 13.2 Å². The van der Waals surface area contributed by atoms with Gasteiger partial charge in [0.15, 0.2) is 0 Å². The van der Waals surface area contributed by atoms with Gasteiger partial charge in [0.25, 0.3) is 0 Å². The van der Waals surface area contributed by atoms with Crippen molar-refractivity contribution in [3.05, 3.63) is 99.0 Å². The molecule has 0 unspecified atom stereocenters. The van der Waals surface area contributed by atoms with Crippen LogP contribution in [-0.2, 0) is 10.0 Å². The molecule has 0 atom stereocenters. The number of hydrogen-bond acceptors (Lipinski definition) is 4. The van der Waals surface area contributed by atoms with E-state index in [0.29, 0.717) is 28.7 Å². The number of nitrogens with zero attached hydrogens (tertiary/aromatic N) is 1. The number of carbonyl (C=O) groups is 1. The normalized spacial score (nSPS) is 14.8. The summed E-state index contributed by atoms with van der Waals surface area (Å²) in [4.78, 5) is 14.0. The van der Waals surface area contributed by atoms with Crippen molar-refractivity contribution in [1.29, 1.82) is 0 Å². The van der Waals surface area contributed by atoms with Gasteiger partial charge in [-0.05, 0) is 47.0 Å². The van der Waals surface area contributed by atoms with Gasteiger partial charge >= 0.3 is 5.97 Å². The Balaban J connectivity index is 1.66. The average Bonchev–Trinajstić information content (AvgIpc) is 2.71. The van der Waals surface area contributed by atoms with Gasteiger partial charge in [0.1, 0.15) is 0 Å². The molecule has 0 amide bonds. The third-order valence-electron chi connectivity index (χ3n) is 5.70. The fourth-order valence-corrected chi connectivity index (χ4v) is 5.06. The third kappa shape index (κ3) is 5.33. The first-order valence-electron chi connectivity index (χ1n) is 10.2. The Labute approximate surface area is 202 Å². The molecule has 0 aliphatic carbocycles. The van der Waals surface area contributed by atoms with E-state index in [9.17, 15) is 18.3 Å². The van der Waals surface area contributed by atoms with E-state index in [1.54, 1.807) is 12.1 Å². The van der Waals surface area contributed by atoms with Crippen molar-refractivity contribution in [1.82, 2.24) is 4.90 Å². The first-order valence-corrected chi connectivity index (χ1v) is 12.9. The standard InChI is InChI=1S/C24H22Cl2N2O4S/c1-33(31,32)27-22-20(3-2-4-21(22)24(29)30)17-13-28(14-17)23(15-5-9-18(25)10-6-15)16-7-11-19(26)12-8-16/h2-12,17,23,27H,13-14H2,1H3,(H,29,30). The van der Waals surface area contributed by atoms with E-state index in [0.717, 1.165) is 17.4 Å². The lowest BCUT2D eigenvalue weighted by molar-refractivity contribution is 0.0697. The largest absolute Gasteiger partial charge is 0.478 e. The summed E-state index contributed by atoms with van der Waals surface area (Å²) in [6.45, 7) is 1.24. The molecule has 1 aliphatic rings. The predicted molar refractivity (Wildman–Crippen MR) is 131 cm³/mol. The van der Waals surface area contributed by atoms with E-state index in [-0.39, 0.29) is 23.2 Å². The number of aromatic carboxylic acids is 1. The minimum Gasteiger partial charge on any atom is -0.478 e. The summed E-state index contributed by atoms with van der Waals surface area (Å²) in [6.07, 6.45) is 1.01. The van der Waals surface area contributed by atoms with E-state index < -0.39 is 16.0 Å². The fraction of sp³-hybridized carbons (Fsp3) is 0.208. The smallest absolute Gasteiger partial charge is 0.337 e. The highest BCUT2D eigenvalue weighted by Gasteiger charge is 2.37. The zero-order chi connectivity index (χ0) is 23.8. The van der Waals surface area contributed by atoms with E-state index in [1.165, 1.54) is 6.07 Å². The van der Waals surface area contributed by atoms with Crippen molar-refractivity contribution in [2.45, 2.75) is 12.0 Å². The number of anilines is 1. The molecule has 1 aliphatic heterocycles. The second-order valence-corrected chi connectivity index (χ2v) is 10.7. The second-order valence-electron chi connectivity index (χ2n) is 8.11. The van der Waals surface area contributed by atoms with Gasteiger partial charge in [-0.2, -0.15) is 0 Å². The number of hydrogen-bond donors (Lipinski definition) is 2. The molecule has 1 fully saturated rings. The molecule has 0 bridgehead atoms. The van der Waals surface area contributed by atoms with E-state index >= 15 is 0 Å². The zero-order valence-electron chi connectivity index (χ0n) is 17.7. The van der Waals surface area contributed by atoms with Gasteiger partial charge in [0.2, 0.25) is 10.0 Å². The Morgan fingerprint density at radius 1 is 0.970 bits per heavy atom. The number of likely N-dealkylation sites (tertiary alicyclic amines) is 1. The summed E-state index contributed by atoms with van der Waals surface area (Å²) in [5.41, 5.74) is 2.86. The molecule has 4 rings (SSSR count). The average molecular weight is 505 g/mol. The van der Waals surface area contributed by atoms with E-state index in [4.69, 9.17) is 23.2 Å². The van der Waals surface area contributed by atoms with Crippen molar-refractivity contribution < 1.29 is 18.3 Å². The third-order valence-corrected chi connectivity index (χ3v) is 6.78. The molecule has 9 heteroatoms. The number of nitrogens with one attached hydrogen (secondary N) is 1. The minimum absolute atomic E-state index is 0.0318. The number of sulfonamides is 1. The van der Waals surface area contributed by atoms with Crippen LogP contribution in [0.15, 0.2) is 66.7 Å². The molecule has 3 aromatic carbocycles. The molecular weight excluding hydrogens is 483 g/mol. The lowest BCUT2D eigenvalue weighted by atomic mass is 9.85. The number of para-hydroxylation sites is 1. The highest BCUT2D eigenvalue weighted by atomic mass is 35.5. The van der Waals surface area contributed by atoms with Crippen LogP contribution >= 0.6 is 23.2 Å². The SMILES string of the molecule is CS(=O)(=O)Nc1c(C(=O)O)cccc1C1CN(C(c2ccc(Cl)cc2)c2ccc(Cl)cc2)C1. The Morgan fingerprint density at radius 2 is 1.48 bits per heavy atom. The van der Waals surface area contributed by atoms with Crippen molar-refractivity contribution in [3.8, 4) is 0 Å². The molecule has 1 saturated heterocycles. The van der Waals surface area contributed by atoms with Crippen LogP contribution in [0, 0.1) is 0 Å². The predicted octanol–water partition coefficient (Wildman–Crippen LogP) is 5.25. The van der Waals surface area contributed by atoms with Gasteiger partial charge in [-0.3, -0.25) is 9.62 Å². The lowest BCUT2D eigenvalue weighted by Crippen LogP contribution is -2.47. The molecule has 172 valence electrons. The monoisotopic (exact) mass is 504 g/mol. The fourth-order valence-electron chi connectivity index (χ4n) is 4.21. The van der Waals surface area contributed by atoms with Crippen LogP contribution in [0.4, 0.5) is 5.69 Å². The second kappa shape index (κ2) is 9.35. The molecule has 3 aromatic rings. The number of rotatable bonds is 7. The summed E-state index contributed by atoms with van der Waals surface area (Å²) in [7, 11) is -3.65. The van der Waals surface area contributed by atoms with Crippen LogP contribution in [-0.4, -0.2) is 43.7 Å². The highest BCUT2D eigenvalue weighted by molar-refractivity contribution is 7.92. The van der Waals surface area contributed by atoms with Crippen molar-refractivity contribution in [3.63, 3.8) is 0 Å². The first-order chi connectivity index (χ1) is 15.6. The Kier molecular flexibility index (Phi) is 6.68. The summed E-state index contributed by atoms with van der Waals surface area (Å²) in [5, 5.41) is 10.9. The summed E-state index contributed by atoms with van der Waals surface area (Å²) < 4.78 is 26.2. The van der Waals surface area contributed by atoms with Gasteiger partial charge < -0.3 is 5.11 Å². The maximum atomic E-state index is 11.9. The molecule has 0 aromatic heterocycles. The number of carboxylic acid groups (broad SMARTS) is 1. The highest BCUT2D eigenvalue weighted by Crippen LogP contribution is 2.41. The number of halogens is 2. The van der Waals surface area contributed by atoms with Gasteiger partial charge in [-0.1, -0.05) is 59.6 Å². The van der Waals surface area contributed by atoms with Crippen molar-refractivity contribution in [2.24, 2.45) is 0 Å². The lowest BCUT2D eigenvalue weighted by Gasteiger charge is -2.45. The maximum Gasteiger partial charge on any atom is 0.337 e. The molecule has 0 spiro atoms. The van der Waals surface area contributed by atoms with Gasteiger partial charge in [0.05, 0.1) is 23.5 Å². The van der Waals surface area contributed by atoms with Crippen LogP contribution in [0.1, 0.15) is 39.0 Å². The van der Waals surface area contributed by atoms with Crippen LogP contribution in [0.5, 0.6) is 0 Å². The molecule has 0 radical (unpaired) electrons. The van der Waals surface area contributed by atoms with Crippen LogP contribution in [0.25, 0.3) is 0 Å². The van der Waals surface area contributed by atoms with Crippen LogP contribution < -0.4 is 4.72 Å². The summed E-state index contributed by atoms with van der Waals surface area (Å²) in [6, 6.07) is 20.1. The number of benzene rings is 3.